The number of hydrogen-bond donors (Lipinski definition) is 0. The normalized spacial score (nSPS) is 10.8. The van der Waals surface area contributed by atoms with Crippen LogP contribution in [0.15, 0.2) is 23.1 Å². The van der Waals surface area contributed by atoms with Crippen LogP contribution in [0.3, 0.4) is 0 Å². The van der Waals surface area contributed by atoms with Gasteiger partial charge >= 0.3 is 11.9 Å². The summed E-state index contributed by atoms with van der Waals surface area (Å²) in [5, 5.41) is 0.0644. The van der Waals surface area contributed by atoms with Gasteiger partial charge in [-0.3, -0.25) is 19.4 Å². The molecular formula is C14H13ClN2O5. The molecule has 0 atom stereocenters. The molecule has 0 saturated heterocycles. The first-order valence-electron chi connectivity index (χ1n) is 6.22. The van der Waals surface area contributed by atoms with Gasteiger partial charge in [0.25, 0.3) is 5.56 Å². The van der Waals surface area contributed by atoms with Crippen LogP contribution >= 0.6 is 11.6 Å². The van der Waals surface area contributed by atoms with Crippen molar-refractivity contribution in [2.24, 2.45) is 7.05 Å². The van der Waals surface area contributed by atoms with E-state index in [1.807, 2.05) is 0 Å². The summed E-state index contributed by atoms with van der Waals surface area (Å²) in [6.07, 6.45) is 1.31. The van der Waals surface area contributed by atoms with Crippen LogP contribution in [0.5, 0.6) is 0 Å². The molecule has 2 aromatic heterocycles. The molecule has 2 heterocycles. The van der Waals surface area contributed by atoms with Crippen LogP contribution in [0.1, 0.15) is 11.5 Å². The molecule has 0 aliphatic rings. The number of aryl methyl sites for hydroxylation is 1. The van der Waals surface area contributed by atoms with Gasteiger partial charge in [-0.15, -0.1) is 0 Å². The maximum Gasteiger partial charge on any atom is 0.324 e. The molecule has 7 nitrogen and oxygen atoms in total. The van der Waals surface area contributed by atoms with Crippen molar-refractivity contribution in [2.45, 2.75) is 5.92 Å². The molecule has 0 fully saturated rings. The summed E-state index contributed by atoms with van der Waals surface area (Å²) in [5.41, 5.74) is 0.497. The zero-order valence-corrected chi connectivity index (χ0v) is 12.9. The molecule has 0 N–H and O–H groups in total. The summed E-state index contributed by atoms with van der Waals surface area (Å²) < 4.78 is 10.6. The van der Waals surface area contributed by atoms with Gasteiger partial charge in [-0.1, -0.05) is 11.6 Å². The monoisotopic (exact) mass is 324 g/mol. The Kier molecular flexibility index (Phi) is 4.46. The third-order valence-electron chi connectivity index (χ3n) is 3.28. The molecule has 116 valence electrons. The summed E-state index contributed by atoms with van der Waals surface area (Å²) in [5.74, 6) is -3.07. The predicted octanol–water partition coefficient (Wildman–Crippen LogP) is 1.02. The molecule has 22 heavy (non-hydrogen) atoms. The molecule has 2 rings (SSSR count). The summed E-state index contributed by atoms with van der Waals surface area (Å²) in [6.45, 7) is 0. The fourth-order valence-electron chi connectivity index (χ4n) is 2.20. The number of rotatable bonds is 3. The summed E-state index contributed by atoms with van der Waals surface area (Å²) >= 11 is 6.13. The Morgan fingerprint density at radius 1 is 1.23 bits per heavy atom. The van der Waals surface area contributed by atoms with Crippen LogP contribution in [0, 0.1) is 0 Å². The SMILES string of the molecule is COC(=O)C(C(=O)OC)c1c(Cl)cnc2ccc(=O)n(C)c12. The van der Waals surface area contributed by atoms with Crippen molar-refractivity contribution in [1.29, 1.82) is 0 Å². The first-order chi connectivity index (χ1) is 10.4. The van der Waals surface area contributed by atoms with Crippen molar-refractivity contribution in [2.75, 3.05) is 14.2 Å². The highest BCUT2D eigenvalue weighted by Gasteiger charge is 2.35. The molecular weight excluding hydrogens is 312 g/mol. The fraction of sp³-hybridized carbons (Fsp3) is 0.286. The lowest BCUT2D eigenvalue weighted by atomic mass is 9.98. The minimum Gasteiger partial charge on any atom is -0.468 e. The zero-order chi connectivity index (χ0) is 16.4. The van der Waals surface area contributed by atoms with Crippen molar-refractivity contribution in [1.82, 2.24) is 9.55 Å². The molecule has 0 amide bonds. The van der Waals surface area contributed by atoms with Gasteiger partial charge in [-0.2, -0.15) is 0 Å². The van der Waals surface area contributed by atoms with E-state index >= 15 is 0 Å². The molecule has 0 saturated carbocycles. The van der Waals surface area contributed by atoms with E-state index in [2.05, 4.69) is 14.5 Å². The van der Waals surface area contributed by atoms with Gasteiger partial charge in [0.1, 0.15) is 0 Å². The fourth-order valence-corrected chi connectivity index (χ4v) is 2.44. The number of carbonyl (C=O) groups is 2. The van der Waals surface area contributed by atoms with E-state index in [9.17, 15) is 14.4 Å². The molecule has 8 heteroatoms. The lowest BCUT2D eigenvalue weighted by Gasteiger charge is -2.17. The van der Waals surface area contributed by atoms with Crippen LogP contribution in [-0.2, 0) is 26.1 Å². The van der Waals surface area contributed by atoms with Gasteiger partial charge in [0.15, 0.2) is 5.92 Å². The van der Waals surface area contributed by atoms with E-state index in [0.29, 0.717) is 5.52 Å². The lowest BCUT2D eigenvalue weighted by Crippen LogP contribution is -2.27. The van der Waals surface area contributed by atoms with Crippen LogP contribution < -0.4 is 5.56 Å². The quantitative estimate of drug-likeness (QED) is 0.618. The molecule has 0 aliphatic heterocycles. The average Bonchev–Trinajstić information content (AvgIpc) is 2.52. The number of hydrogen-bond acceptors (Lipinski definition) is 6. The van der Waals surface area contributed by atoms with Crippen molar-refractivity contribution in [3.63, 3.8) is 0 Å². The Hall–Kier alpha value is -2.41. The topological polar surface area (TPSA) is 87.5 Å². The van der Waals surface area contributed by atoms with E-state index in [1.165, 1.54) is 29.9 Å². The molecule has 0 aromatic carbocycles. The third-order valence-corrected chi connectivity index (χ3v) is 3.59. The van der Waals surface area contributed by atoms with Crippen LogP contribution in [0.25, 0.3) is 11.0 Å². The number of aromatic nitrogens is 2. The number of methoxy groups -OCH3 is 2. The van der Waals surface area contributed by atoms with Crippen molar-refractivity contribution >= 4 is 34.6 Å². The highest BCUT2D eigenvalue weighted by atomic mass is 35.5. The van der Waals surface area contributed by atoms with Gasteiger partial charge in [-0.25, -0.2) is 0 Å². The minimum atomic E-state index is -1.40. The average molecular weight is 325 g/mol. The second-order valence-electron chi connectivity index (χ2n) is 4.46. The molecule has 0 unspecified atom stereocenters. The first-order valence-corrected chi connectivity index (χ1v) is 6.60. The van der Waals surface area contributed by atoms with Crippen LogP contribution in [0.4, 0.5) is 0 Å². The smallest absolute Gasteiger partial charge is 0.324 e. The Labute approximate surface area is 130 Å². The number of fused-ring (bicyclic) bond motifs is 1. The highest BCUT2D eigenvalue weighted by Crippen LogP contribution is 2.32. The third kappa shape index (κ3) is 2.55. The second kappa shape index (κ2) is 6.15. The summed E-state index contributed by atoms with van der Waals surface area (Å²) in [6, 6.07) is 2.82. The summed E-state index contributed by atoms with van der Waals surface area (Å²) in [4.78, 5) is 40.0. The Morgan fingerprint density at radius 3 is 2.36 bits per heavy atom. The molecule has 0 spiro atoms. The Morgan fingerprint density at radius 2 is 1.82 bits per heavy atom. The van der Waals surface area contributed by atoms with Crippen LogP contribution in [0.2, 0.25) is 5.02 Å². The molecule has 0 radical (unpaired) electrons. The molecule has 0 aliphatic carbocycles. The van der Waals surface area contributed by atoms with E-state index in [1.54, 1.807) is 0 Å². The maximum absolute atomic E-state index is 12.0. The molecule has 2 aromatic rings. The van der Waals surface area contributed by atoms with E-state index in [-0.39, 0.29) is 21.7 Å². The van der Waals surface area contributed by atoms with Gasteiger partial charge < -0.3 is 14.0 Å². The first kappa shape index (κ1) is 16.0. The van der Waals surface area contributed by atoms with Gasteiger partial charge in [0, 0.05) is 24.9 Å². The second-order valence-corrected chi connectivity index (χ2v) is 4.87. The number of halogens is 1. The number of ether oxygens (including phenoxy) is 2. The Bertz CT molecular complexity index is 799. The number of esters is 2. The van der Waals surface area contributed by atoms with E-state index in [4.69, 9.17) is 11.6 Å². The highest BCUT2D eigenvalue weighted by molar-refractivity contribution is 6.33. The largest absolute Gasteiger partial charge is 0.468 e. The minimum absolute atomic E-state index is 0.0644. The lowest BCUT2D eigenvalue weighted by molar-refractivity contribution is -0.154. The molecule has 0 bridgehead atoms. The van der Waals surface area contributed by atoms with E-state index in [0.717, 1.165) is 14.2 Å². The zero-order valence-electron chi connectivity index (χ0n) is 12.1. The predicted molar refractivity (Wildman–Crippen MR) is 78.8 cm³/mol. The van der Waals surface area contributed by atoms with E-state index < -0.39 is 17.9 Å². The number of carbonyl (C=O) groups excluding carboxylic acids is 2. The summed E-state index contributed by atoms with van der Waals surface area (Å²) in [7, 11) is 3.79. The van der Waals surface area contributed by atoms with Gasteiger partial charge in [0.2, 0.25) is 0 Å². The maximum atomic E-state index is 12.0. The van der Waals surface area contributed by atoms with Gasteiger partial charge in [0.05, 0.1) is 30.3 Å². The van der Waals surface area contributed by atoms with Gasteiger partial charge in [-0.05, 0) is 6.07 Å². The number of nitrogens with zero attached hydrogens (tertiary/aromatic N) is 2. The van der Waals surface area contributed by atoms with Crippen molar-refractivity contribution < 1.29 is 19.1 Å². The number of pyridine rings is 2. The van der Waals surface area contributed by atoms with Crippen molar-refractivity contribution in [3.8, 4) is 0 Å². The van der Waals surface area contributed by atoms with Crippen molar-refractivity contribution in [3.05, 3.63) is 39.3 Å². The Balaban J connectivity index is 2.90. The van der Waals surface area contributed by atoms with Crippen LogP contribution in [-0.4, -0.2) is 35.7 Å². The standard InChI is InChI=1S/C14H13ClN2O5/c1-17-9(18)5-4-8-12(17)10(7(15)6-16-8)11(13(19)21-2)14(20)22-3/h4-6,11H,1-3H3.